The molecule has 19 heavy (non-hydrogen) atoms. The molecule has 0 fully saturated rings. The van der Waals surface area contributed by atoms with Crippen molar-refractivity contribution in [3.05, 3.63) is 71.8 Å². The molecule has 0 aliphatic heterocycles. The summed E-state index contributed by atoms with van der Waals surface area (Å²) in [5, 5.41) is 22.0. The van der Waals surface area contributed by atoms with Gasteiger partial charge in [0, 0.05) is 11.8 Å². The van der Waals surface area contributed by atoms with Crippen molar-refractivity contribution in [3.63, 3.8) is 0 Å². The van der Waals surface area contributed by atoms with Gasteiger partial charge in [0.25, 0.3) is 0 Å². The van der Waals surface area contributed by atoms with Crippen molar-refractivity contribution in [2.75, 3.05) is 0 Å². The topological polar surface area (TPSA) is 40.5 Å². The third-order valence-electron chi connectivity index (χ3n) is 3.36. The van der Waals surface area contributed by atoms with Gasteiger partial charge in [0.2, 0.25) is 0 Å². The van der Waals surface area contributed by atoms with Gasteiger partial charge in [-0.25, -0.2) is 0 Å². The molecule has 0 aromatic heterocycles. The lowest BCUT2D eigenvalue weighted by Gasteiger charge is -2.09. The lowest BCUT2D eigenvalue weighted by atomic mass is 9.99. The summed E-state index contributed by atoms with van der Waals surface area (Å²) in [5.74, 6) is 0.552. The van der Waals surface area contributed by atoms with Crippen LogP contribution < -0.4 is 0 Å². The Labute approximate surface area is 111 Å². The monoisotopic (exact) mass is 250 g/mol. The van der Waals surface area contributed by atoms with Crippen molar-refractivity contribution in [1.82, 2.24) is 0 Å². The lowest BCUT2D eigenvalue weighted by Crippen LogP contribution is -1.90. The van der Waals surface area contributed by atoms with Crippen LogP contribution in [0.15, 0.2) is 60.7 Å². The second-order valence-electron chi connectivity index (χ2n) is 4.60. The Morgan fingerprint density at radius 1 is 0.684 bits per heavy atom. The van der Waals surface area contributed by atoms with Gasteiger partial charge in [-0.2, -0.15) is 0 Å². The maximum Gasteiger partial charge on any atom is 0.126 e. The molecule has 94 valence electrons. The minimum atomic E-state index is 0.259. The Morgan fingerprint density at radius 3 is 2.26 bits per heavy atom. The first-order valence-electron chi connectivity index (χ1n) is 6.22. The normalized spacial score (nSPS) is 10.7. The van der Waals surface area contributed by atoms with Gasteiger partial charge in [-0.15, -0.1) is 0 Å². The number of rotatable bonds is 2. The Morgan fingerprint density at radius 2 is 1.42 bits per heavy atom. The van der Waals surface area contributed by atoms with Crippen molar-refractivity contribution in [3.8, 4) is 11.5 Å². The number of para-hydroxylation sites is 1. The molecule has 0 radical (unpaired) electrons. The van der Waals surface area contributed by atoms with Gasteiger partial charge < -0.3 is 10.2 Å². The Kier molecular flexibility index (Phi) is 2.84. The first kappa shape index (κ1) is 11.6. The van der Waals surface area contributed by atoms with Crippen molar-refractivity contribution < 1.29 is 10.2 Å². The fraction of sp³-hybridized carbons (Fsp3) is 0.0588. The SMILES string of the molecule is Oc1ccccc1Cc1ccc2ccccc2c1O. The van der Waals surface area contributed by atoms with Gasteiger partial charge in [-0.3, -0.25) is 0 Å². The van der Waals surface area contributed by atoms with Crippen LogP contribution in [-0.4, -0.2) is 10.2 Å². The number of fused-ring (bicyclic) bond motifs is 1. The molecule has 2 heteroatoms. The highest BCUT2D eigenvalue weighted by Crippen LogP contribution is 2.31. The Bertz CT molecular complexity index is 732. The molecule has 0 amide bonds. The lowest BCUT2D eigenvalue weighted by molar-refractivity contribution is 0.465. The van der Waals surface area contributed by atoms with E-state index in [9.17, 15) is 10.2 Å². The van der Waals surface area contributed by atoms with Crippen molar-refractivity contribution in [1.29, 1.82) is 0 Å². The highest BCUT2D eigenvalue weighted by molar-refractivity contribution is 5.89. The maximum absolute atomic E-state index is 10.3. The summed E-state index contributed by atoms with van der Waals surface area (Å²) in [6, 6.07) is 18.8. The van der Waals surface area contributed by atoms with E-state index < -0.39 is 0 Å². The largest absolute Gasteiger partial charge is 0.508 e. The number of benzene rings is 3. The van der Waals surface area contributed by atoms with E-state index in [4.69, 9.17) is 0 Å². The molecule has 0 aliphatic rings. The summed E-state index contributed by atoms with van der Waals surface area (Å²) < 4.78 is 0. The average Bonchev–Trinajstić information content (AvgIpc) is 2.44. The van der Waals surface area contributed by atoms with Gasteiger partial charge >= 0.3 is 0 Å². The van der Waals surface area contributed by atoms with Gasteiger partial charge in [0.15, 0.2) is 0 Å². The van der Waals surface area contributed by atoms with E-state index in [1.165, 1.54) is 0 Å². The fourth-order valence-corrected chi connectivity index (χ4v) is 2.31. The number of aromatic hydroxyl groups is 2. The number of hydrogen-bond acceptors (Lipinski definition) is 2. The van der Waals surface area contributed by atoms with E-state index in [1.54, 1.807) is 12.1 Å². The number of hydrogen-bond donors (Lipinski definition) is 2. The zero-order valence-electron chi connectivity index (χ0n) is 10.4. The van der Waals surface area contributed by atoms with Crippen LogP contribution in [0.1, 0.15) is 11.1 Å². The minimum absolute atomic E-state index is 0.259. The number of phenols is 2. The van der Waals surface area contributed by atoms with Crippen LogP contribution in [0.5, 0.6) is 11.5 Å². The predicted octanol–water partition coefficient (Wildman–Crippen LogP) is 3.84. The molecule has 0 heterocycles. The van der Waals surface area contributed by atoms with Crippen LogP contribution in [-0.2, 0) is 6.42 Å². The third-order valence-corrected chi connectivity index (χ3v) is 3.36. The summed E-state index contributed by atoms with van der Waals surface area (Å²) in [7, 11) is 0. The minimum Gasteiger partial charge on any atom is -0.508 e. The van der Waals surface area contributed by atoms with E-state index in [1.807, 2.05) is 48.5 Å². The zero-order chi connectivity index (χ0) is 13.2. The highest BCUT2D eigenvalue weighted by Gasteiger charge is 2.08. The van der Waals surface area contributed by atoms with Gasteiger partial charge in [0.05, 0.1) is 0 Å². The summed E-state index contributed by atoms with van der Waals surface area (Å²) >= 11 is 0. The van der Waals surface area contributed by atoms with Crippen LogP contribution in [0.4, 0.5) is 0 Å². The molecule has 3 aromatic rings. The van der Waals surface area contributed by atoms with Crippen LogP contribution in [0, 0.1) is 0 Å². The standard InChI is InChI=1S/C17H14O2/c18-16-8-4-2-6-13(16)11-14-10-9-12-5-1-3-7-15(12)17(14)19/h1-10,18-19H,11H2. The van der Waals surface area contributed by atoms with Crippen LogP contribution in [0.25, 0.3) is 10.8 Å². The molecule has 0 atom stereocenters. The molecular weight excluding hydrogens is 236 g/mol. The van der Waals surface area contributed by atoms with E-state index in [-0.39, 0.29) is 5.75 Å². The number of phenolic OH excluding ortho intramolecular Hbond substituents is 2. The average molecular weight is 250 g/mol. The van der Waals surface area contributed by atoms with Gasteiger partial charge in [-0.05, 0) is 22.6 Å². The molecule has 0 saturated heterocycles. The summed E-state index contributed by atoms with van der Waals surface area (Å²) in [6.07, 6.45) is 0.517. The second-order valence-corrected chi connectivity index (χ2v) is 4.60. The van der Waals surface area contributed by atoms with Crippen LogP contribution in [0.3, 0.4) is 0 Å². The summed E-state index contributed by atoms with van der Waals surface area (Å²) in [6.45, 7) is 0. The predicted molar refractivity (Wildman–Crippen MR) is 76.5 cm³/mol. The molecule has 0 spiro atoms. The fourth-order valence-electron chi connectivity index (χ4n) is 2.31. The van der Waals surface area contributed by atoms with Crippen molar-refractivity contribution >= 4 is 10.8 Å². The highest BCUT2D eigenvalue weighted by atomic mass is 16.3. The first-order chi connectivity index (χ1) is 9.25. The Hall–Kier alpha value is -2.48. The molecule has 3 rings (SSSR count). The van der Waals surface area contributed by atoms with Gasteiger partial charge in [0.1, 0.15) is 11.5 Å². The smallest absolute Gasteiger partial charge is 0.126 e. The molecular formula is C17H14O2. The first-order valence-corrected chi connectivity index (χ1v) is 6.22. The molecule has 0 unspecified atom stereocenters. The van der Waals surface area contributed by atoms with E-state index in [2.05, 4.69) is 0 Å². The van der Waals surface area contributed by atoms with Gasteiger partial charge in [-0.1, -0.05) is 54.6 Å². The third kappa shape index (κ3) is 2.13. The van der Waals surface area contributed by atoms with Crippen LogP contribution in [0.2, 0.25) is 0 Å². The van der Waals surface area contributed by atoms with E-state index in [0.717, 1.165) is 21.9 Å². The molecule has 2 N–H and O–H groups in total. The molecule has 0 bridgehead atoms. The van der Waals surface area contributed by atoms with Crippen molar-refractivity contribution in [2.24, 2.45) is 0 Å². The zero-order valence-corrected chi connectivity index (χ0v) is 10.4. The molecule has 2 nitrogen and oxygen atoms in total. The molecule has 0 saturated carbocycles. The summed E-state index contributed by atoms with van der Waals surface area (Å²) in [4.78, 5) is 0. The van der Waals surface area contributed by atoms with E-state index in [0.29, 0.717) is 12.2 Å². The van der Waals surface area contributed by atoms with Crippen molar-refractivity contribution in [2.45, 2.75) is 6.42 Å². The second kappa shape index (κ2) is 4.65. The molecule has 0 aliphatic carbocycles. The Balaban J connectivity index is 2.07. The van der Waals surface area contributed by atoms with E-state index >= 15 is 0 Å². The molecule has 3 aromatic carbocycles. The maximum atomic E-state index is 10.3. The quantitative estimate of drug-likeness (QED) is 0.725. The van der Waals surface area contributed by atoms with Crippen LogP contribution >= 0.6 is 0 Å². The summed E-state index contributed by atoms with van der Waals surface area (Å²) in [5.41, 5.74) is 1.63.